The van der Waals surface area contributed by atoms with Crippen LogP contribution in [0, 0.1) is 5.82 Å². The van der Waals surface area contributed by atoms with Gasteiger partial charge < -0.3 is 10.1 Å². The second-order valence-corrected chi connectivity index (χ2v) is 10.9. The molecule has 1 aromatic carbocycles. The Morgan fingerprint density at radius 1 is 1.37 bits per heavy atom. The lowest BCUT2D eigenvalue weighted by Crippen LogP contribution is -2.48. The van der Waals surface area contributed by atoms with Gasteiger partial charge in [0.2, 0.25) is 0 Å². The van der Waals surface area contributed by atoms with Crippen molar-refractivity contribution >= 4 is 38.5 Å². The quantitative estimate of drug-likeness (QED) is 0.585. The Bertz CT molecular complexity index is 941. The number of hydrogen-bond acceptors (Lipinski definition) is 7. The highest BCUT2D eigenvalue weighted by Gasteiger charge is 2.29. The summed E-state index contributed by atoms with van der Waals surface area (Å²) >= 11 is 7.60. The number of rotatable bonds is 9. The third-order valence-corrected chi connectivity index (χ3v) is 8.35. The summed E-state index contributed by atoms with van der Waals surface area (Å²) in [4.78, 5) is 5.83. The number of hydrogen-bond donors (Lipinski definition) is 1. The minimum atomic E-state index is -3.88. The van der Waals surface area contributed by atoms with Gasteiger partial charge in [-0.15, -0.1) is 11.3 Å². The first-order chi connectivity index (χ1) is 14.3. The molecule has 1 heterocycles. The van der Waals surface area contributed by atoms with E-state index in [0.717, 1.165) is 32.2 Å². The summed E-state index contributed by atoms with van der Waals surface area (Å²) < 4.78 is 45.3. The molecule has 0 spiro atoms. The number of thiazole rings is 1. The number of methoxy groups -OCH3 is 1. The molecule has 1 aliphatic carbocycles. The van der Waals surface area contributed by atoms with Gasteiger partial charge in [-0.05, 0) is 32.0 Å². The van der Waals surface area contributed by atoms with Gasteiger partial charge in [0.05, 0.1) is 17.3 Å². The maximum Gasteiger partial charge on any atom is 0.187 e. The Morgan fingerprint density at radius 2 is 2.13 bits per heavy atom. The number of benzene rings is 1. The van der Waals surface area contributed by atoms with Gasteiger partial charge in [-0.1, -0.05) is 24.4 Å². The molecule has 1 saturated carbocycles. The number of likely N-dealkylation sites (N-methyl/N-ethyl adjacent to an activating group) is 1. The Labute approximate surface area is 186 Å². The largest absolute Gasteiger partial charge is 0.383 e. The van der Waals surface area contributed by atoms with Gasteiger partial charge in [-0.2, -0.15) is 0 Å². The monoisotopic (exact) mass is 475 g/mol. The van der Waals surface area contributed by atoms with E-state index in [4.69, 9.17) is 16.3 Å². The molecular weight excluding hydrogens is 449 g/mol. The number of sulfone groups is 1. The van der Waals surface area contributed by atoms with Crippen LogP contribution in [0.4, 0.5) is 10.1 Å². The van der Waals surface area contributed by atoms with Gasteiger partial charge in [0, 0.05) is 37.3 Å². The molecule has 3 rings (SSSR count). The predicted molar refractivity (Wildman–Crippen MR) is 119 cm³/mol. The van der Waals surface area contributed by atoms with Crippen LogP contribution in [0.25, 0.3) is 0 Å². The zero-order valence-corrected chi connectivity index (χ0v) is 19.5. The first-order valence-electron chi connectivity index (χ1n) is 9.87. The zero-order valence-electron chi connectivity index (χ0n) is 17.1. The lowest BCUT2D eigenvalue weighted by atomic mass is 9.89. The van der Waals surface area contributed by atoms with Crippen LogP contribution >= 0.6 is 22.9 Å². The van der Waals surface area contributed by atoms with Gasteiger partial charge >= 0.3 is 0 Å². The first-order valence-corrected chi connectivity index (χ1v) is 12.8. The van der Waals surface area contributed by atoms with E-state index < -0.39 is 20.5 Å². The van der Waals surface area contributed by atoms with Crippen molar-refractivity contribution in [3.8, 4) is 0 Å². The average Bonchev–Trinajstić information content (AvgIpc) is 3.21. The molecule has 0 radical (unpaired) electrons. The molecule has 1 N–H and O–H groups in total. The highest BCUT2D eigenvalue weighted by Crippen LogP contribution is 2.33. The lowest BCUT2D eigenvalue weighted by molar-refractivity contribution is 0.117. The van der Waals surface area contributed by atoms with Crippen molar-refractivity contribution < 1.29 is 17.5 Å². The highest BCUT2D eigenvalue weighted by molar-refractivity contribution is 7.90. The van der Waals surface area contributed by atoms with E-state index in [-0.39, 0.29) is 22.9 Å². The number of ether oxygens (including phenoxy) is 1. The van der Waals surface area contributed by atoms with E-state index in [1.165, 1.54) is 29.7 Å². The van der Waals surface area contributed by atoms with E-state index in [2.05, 4.69) is 22.2 Å². The van der Waals surface area contributed by atoms with E-state index in [9.17, 15) is 12.8 Å². The summed E-state index contributed by atoms with van der Waals surface area (Å²) in [5.74, 6) is -1.15. The Kier molecular flexibility index (Phi) is 8.09. The first kappa shape index (κ1) is 23.4. The Morgan fingerprint density at radius 3 is 2.83 bits per heavy atom. The van der Waals surface area contributed by atoms with Crippen molar-refractivity contribution in [3.05, 3.63) is 39.6 Å². The van der Waals surface area contributed by atoms with Crippen molar-refractivity contribution in [2.45, 2.75) is 48.4 Å². The molecule has 0 bridgehead atoms. The molecule has 0 unspecified atom stereocenters. The summed E-state index contributed by atoms with van der Waals surface area (Å²) in [6.45, 7) is 1.44. The topological polar surface area (TPSA) is 71.5 Å². The summed E-state index contributed by atoms with van der Waals surface area (Å²) in [6.07, 6.45) is 5.70. The van der Waals surface area contributed by atoms with Gasteiger partial charge in [-0.3, -0.25) is 4.90 Å². The van der Waals surface area contributed by atoms with E-state index in [1.807, 2.05) is 0 Å². The molecule has 10 heteroatoms. The normalized spacial score (nSPS) is 19.9. The highest BCUT2D eigenvalue weighted by atomic mass is 35.5. The van der Waals surface area contributed by atoms with Crippen LogP contribution in [0.2, 0.25) is 5.02 Å². The van der Waals surface area contributed by atoms with Crippen LogP contribution in [-0.4, -0.2) is 57.7 Å². The third-order valence-electron chi connectivity index (χ3n) is 5.44. The second kappa shape index (κ2) is 10.4. The number of anilines is 1. The molecule has 2 aromatic rings. The maximum absolute atomic E-state index is 14.8. The van der Waals surface area contributed by atoms with Crippen molar-refractivity contribution in [3.63, 3.8) is 0 Å². The van der Waals surface area contributed by atoms with Crippen molar-refractivity contribution in [1.82, 2.24) is 9.88 Å². The number of nitrogens with one attached hydrogen (secondary N) is 1. The third kappa shape index (κ3) is 5.70. The van der Waals surface area contributed by atoms with Crippen LogP contribution in [0.1, 0.15) is 30.7 Å². The van der Waals surface area contributed by atoms with Crippen molar-refractivity contribution in [2.75, 3.05) is 32.6 Å². The fourth-order valence-electron chi connectivity index (χ4n) is 3.85. The smallest absolute Gasteiger partial charge is 0.187 e. The average molecular weight is 476 g/mol. The molecule has 166 valence electrons. The van der Waals surface area contributed by atoms with Gasteiger partial charge in [0.15, 0.2) is 9.84 Å². The number of nitrogens with zero attached hydrogens (tertiary/aromatic N) is 2. The van der Waals surface area contributed by atoms with Gasteiger partial charge in [-0.25, -0.2) is 17.8 Å². The SMILES string of the molecule is COCCN(C)[C@H]1CCCC[C@@H]1Nc1cc(F)c(S(=O)(=O)Cc2nccs2)cc1Cl. The van der Waals surface area contributed by atoms with Crippen molar-refractivity contribution in [1.29, 1.82) is 0 Å². The molecule has 1 fully saturated rings. The molecule has 0 saturated heterocycles. The maximum atomic E-state index is 14.8. The molecule has 0 amide bonds. The van der Waals surface area contributed by atoms with Gasteiger partial charge in [0.25, 0.3) is 0 Å². The predicted octanol–water partition coefficient (Wildman–Crippen LogP) is 4.21. The Balaban J connectivity index is 1.79. The number of aromatic nitrogens is 1. The van der Waals surface area contributed by atoms with Crippen LogP contribution < -0.4 is 5.32 Å². The Hall–Kier alpha value is -1.26. The molecule has 1 aliphatic rings. The van der Waals surface area contributed by atoms with E-state index in [0.29, 0.717) is 17.3 Å². The van der Waals surface area contributed by atoms with Crippen LogP contribution in [0.3, 0.4) is 0 Å². The zero-order chi connectivity index (χ0) is 21.7. The van der Waals surface area contributed by atoms with Crippen LogP contribution in [-0.2, 0) is 20.3 Å². The summed E-state index contributed by atoms with van der Waals surface area (Å²) in [5, 5.41) is 5.65. The minimum Gasteiger partial charge on any atom is -0.383 e. The van der Waals surface area contributed by atoms with Crippen LogP contribution in [0.15, 0.2) is 28.6 Å². The van der Waals surface area contributed by atoms with Gasteiger partial charge in [0.1, 0.15) is 21.5 Å². The minimum absolute atomic E-state index is 0.0929. The molecular formula is C20H27ClFN3O3S2. The number of halogens is 2. The van der Waals surface area contributed by atoms with E-state index in [1.54, 1.807) is 12.5 Å². The molecule has 0 aliphatic heterocycles. The van der Waals surface area contributed by atoms with Crippen LogP contribution in [0.5, 0.6) is 0 Å². The van der Waals surface area contributed by atoms with E-state index >= 15 is 0 Å². The standard InChI is InChI=1S/C20H27ClFN3O3S2/c1-25(8-9-28-2)18-6-4-3-5-16(18)24-17-12-15(22)19(11-14(17)21)30(26,27)13-20-23-7-10-29-20/h7,10-12,16,18,24H,3-6,8-9,13H2,1-2H3/t16-,18-/m0/s1. The summed E-state index contributed by atoms with van der Waals surface area (Å²) in [5.41, 5.74) is 0.416. The summed E-state index contributed by atoms with van der Waals surface area (Å²) in [6, 6.07) is 2.75. The molecule has 30 heavy (non-hydrogen) atoms. The molecule has 1 aromatic heterocycles. The lowest BCUT2D eigenvalue weighted by Gasteiger charge is -2.39. The fourth-order valence-corrected chi connectivity index (χ4v) is 6.48. The second-order valence-electron chi connectivity index (χ2n) is 7.52. The molecule has 6 nitrogen and oxygen atoms in total. The van der Waals surface area contributed by atoms with Crippen molar-refractivity contribution in [2.24, 2.45) is 0 Å². The summed E-state index contributed by atoms with van der Waals surface area (Å²) in [7, 11) is -0.149. The fraction of sp³-hybridized carbons (Fsp3) is 0.550. The molecule has 2 atom stereocenters.